The molecule has 2 aromatic heterocycles. The first-order chi connectivity index (χ1) is 11.5. The Bertz CT molecular complexity index is 704. The first-order valence-corrected chi connectivity index (χ1v) is 8.24. The van der Waals surface area contributed by atoms with Crippen LogP contribution in [0.15, 0.2) is 39.4 Å². The molecule has 2 amide bonds. The van der Waals surface area contributed by atoms with Crippen molar-refractivity contribution in [2.75, 3.05) is 13.1 Å². The summed E-state index contributed by atoms with van der Waals surface area (Å²) < 4.78 is 10.7. The van der Waals surface area contributed by atoms with Gasteiger partial charge in [0.05, 0.1) is 18.2 Å². The van der Waals surface area contributed by atoms with E-state index in [0.717, 1.165) is 24.4 Å². The topological polar surface area (TPSA) is 75.7 Å². The summed E-state index contributed by atoms with van der Waals surface area (Å²) in [4.78, 5) is 26.6. The van der Waals surface area contributed by atoms with Crippen molar-refractivity contribution >= 4 is 11.8 Å². The van der Waals surface area contributed by atoms with Crippen LogP contribution >= 0.6 is 0 Å². The molecule has 0 spiro atoms. The van der Waals surface area contributed by atoms with Gasteiger partial charge in [-0.05, 0) is 51.0 Å². The monoisotopic (exact) mass is 330 g/mol. The molecule has 1 saturated heterocycles. The molecule has 24 heavy (non-hydrogen) atoms. The van der Waals surface area contributed by atoms with E-state index in [0.29, 0.717) is 18.8 Å². The standard InChI is InChI=1S/C18H22N2O4/c1-12-7-8-15(24-12)13(2)19-17(21)14-5-3-9-20(11-14)18(22)16-6-4-10-23-16/h4,6-8,10,13-14H,3,5,9,11H2,1-2H3,(H,19,21). The molecule has 6 heteroatoms. The number of nitrogens with one attached hydrogen (secondary N) is 1. The van der Waals surface area contributed by atoms with Crippen molar-refractivity contribution in [3.05, 3.63) is 47.8 Å². The second-order valence-corrected chi connectivity index (χ2v) is 6.25. The summed E-state index contributed by atoms with van der Waals surface area (Å²) in [7, 11) is 0. The van der Waals surface area contributed by atoms with Crippen LogP contribution in [0.3, 0.4) is 0 Å². The summed E-state index contributed by atoms with van der Waals surface area (Å²) in [6.07, 6.45) is 3.06. The molecule has 2 aromatic rings. The number of hydrogen-bond donors (Lipinski definition) is 1. The predicted octanol–water partition coefficient (Wildman–Crippen LogP) is 2.91. The molecule has 1 aliphatic heterocycles. The van der Waals surface area contributed by atoms with E-state index < -0.39 is 0 Å². The summed E-state index contributed by atoms with van der Waals surface area (Å²) in [6, 6.07) is 6.89. The lowest BCUT2D eigenvalue weighted by atomic mass is 9.96. The SMILES string of the molecule is Cc1ccc(C(C)NC(=O)C2CCCN(C(=O)c3ccco3)C2)o1. The number of carbonyl (C=O) groups is 2. The molecule has 3 rings (SSSR count). The third-order valence-corrected chi connectivity index (χ3v) is 4.36. The van der Waals surface area contributed by atoms with Gasteiger partial charge in [0, 0.05) is 13.1 Å². The molecule has 0 aliphatic carbocycles. The van der Waals surface area contributed by atoms with Crippen LogP contribution < -0.4 is 5.32 Å². The fraction of sp³-hybridized carbons (Fsp3) is 0.444. The average Bonchev–Trinajstić information content (AvgIpc) is 3.25. The number of likely N-dealkylation sites (tertiary alicyclic amines) is 1. The van der Waals surface area contributed by atoms with E-state index in [-0.39, 0.29) is 23.8 Å². The van der Waals surface area contributed by atoms with E-state index in [2.05, 4.69) is 5.32 Å². The van der Waals surface area contributed by atoms with Crippen LogP contribution in [-0.4, -0.2) is 29.8 Å². The number of hydrogen-bond acceptors (Lipinski definition) is 4. The summed E-state index contributed by atoms with van der Waals surface area (Å²) >= 11 is 0. The smallest absolute Gasteiger partial charge is 0.289 e. The Labute approximate surface area is 140 Å². The summed E-state index contributed by atoms with van der Waals surface area (Å²) in [5, 5.41) is 2.98. The second-order valence-electron chi connectivity index (χ2n) is 6.25. The maximum Gasteiger partial charge on any atom is 0.289 e. The highest BCUT2D eigenvalue weighted by molar-refractivity contribution is 5.92. The fourth-order valence-corrected chi connectivity index (χ4v) is 3.02. The number of nitrogens with zero attached hydrogens (tertiary/aromatic N) is 1. The number of piperidine rings is 1. The summed E-state index contributed by atoms with van der Waals surface area (Å²) in [5.41, 5.74) is 0. The van der Waals surface area contributed by atoms with Gasteiger partial charge in [0.15, 0.2) is 5.76 Å². The normalized spacial score (nSPS) is 19.1. The molecule has 0 bridgehead atoms. The molecular formula is C18H22N2O4. The maximum atomic E-state index is 12.5. The molecule has 3 heterocycles. The van der Waals surface area contributed by atoms with Crippen molar-refractivity contribution in [3.8, 4) is 0 Å². The molecule has 6 nitrogen and oxygen atoms in total. The van der Waals surface area contributed by atoms with Crippen LogP contribution in [0.2, 0.25) is 0 Å². The number of rotatable bonds is 4. The number of amides is 2. The van der Waals surface area contributed by atoms with Gasteiger partial charge in [-0.1, -0.05) is 0 Å². The van der Waals surface area contributed by atoms with E-state index in [9.17, 15) is 9.59 Å². The Morgan fingerprint density at radius 3 is 2.83 bits per heavy atom. The lowest BCUT2D eigenvalue weighted by molar-refractivity contribution is -0.127. The molecule has 0 radical (unpaired) electrons. The minimum absolute atomic E-state index is 0.0477. The van der Waals surface area contributed by atoms with E-state index >= 15 is 0 Å². The largest absolute Gasteiger partial charge is 0.464 e. The molecule has 1 fully saturated rings. The summed E-state index contributed by atoms with van der Waals surface area (Å²) in [6.45, 7) is 4.83. The van der Waals surface area contributed by atoms with Gasteiger partial charge in [-0.15, -0.1) is 0 Å². The van der Waals surface area contributed by atoms with E-state index in [1.807, 2.05) is 26.0 Å². The molecule has 1 aliphatic rings. The lowest BCUT2D eigenvalue weighted by Gasteiger charge is -2.32. The van der Waals surface area contributed by atoms with Crippen molar-refractivity contribution in [2.24, 2.45) is 5.92 Å². The van der Waals surface area contributed by atoms with Gasteiger partial charge in [-0.2, -0.15) is 0 Å². The minimum atomic E-state index is -0.212. The molecule has 2 atom stereocenters. The quantitative estimate of drug-likeness (QED) is 0.935. The highest BCUT2D eigenvalue weighted by atomic mass is 16.3. The Morgan fingerprint density at radius 1 is 1.33 bits per heavy atom. The Hall–Kier alpha value is -2.50. The maximum absolute atomic E-state index is 12.5. The minimum Gasteiger partial charge on any atom is -0.464 e. The highest BCUT2D eigenvalue weighted by Crippen LogP contribution is 2.21. The van der Waals surface area contributed by atoms with Crippen LogP contribution in [0.25, 0.3) is 0 Å². The average molecular weight is 330 g/mol. The van der Waals surface area contributed by atoms with E-state index in [1.165, 1.54) is 6.26 Å². The van der Waals surface area contributed by atoms with Gasteiger partial charge in [-0.25, -0.2) is 0 Å². The van der Waals surface area contributed by atoms with Gasteiger partial charge >= 0.3 is 0 Å². The molecule has 0 aromatic carbocycles. The molecule has 128 valence electrons. The van der Waals surface area contributed by atoms with Crippen molar-refractivity contribution in [1.29, 1.82) is 0 Å². The van der Waals surface area contributed by atoms with Gasteiger partial charge < -0.3 is 19.1 Å². The zero-order chi connectivity index (χ0) is 17.1. The highest BCUT2D eigenvalue weighted by Gasteiger charge is 2.30. The van der Waals surface area contributed by atoms with Crippen molar-refractivity contribution in [1.82, 2.24) is 10.2 Å². The van der Waals surface area contributed by atoms with Crippen LogP contribution in [0.1, 0.15) is 47.9 Å². The van der Waals surface area contributed by atoms with Crippen molar-refractivity contribution in [2.45, 2.75) is 32.7 Å². The molecular weight excluding hydrogens is 308 g/mol. The van der Waals surface area contributed by atoms with Gasteiger partial charge in [0.1, 0.15) is 11.5 Å². The third-order valence-electron chi connectivity index (χ3n) is 4.36. The Morgan fingerprint density at radius 2 is 2.17 bits per heavy atom. The Balaban J connectivity index is 1.59. The second kappa shape index (κ2) is 6.95. The zero-order valence-corrected chi connectivity index (χ0v) is 14.0. The number of furan rings is 2. The first kappa shape index (κ1) is 16.4. The van der Waals surface area contributed by atoms with Crippen LogP contribution in [0.4, 0.5) is 0 Å². The summed E-state index contributed by atoms with van der Waals surface area (Å²) in [5.74, 6) is 1.45. The van der Waals surface area contributed by atoms with Crippen molar-refractivity contribution in [3.63, 3.8) is 0 Å². The lowest BCUT2D eigenvalue weighted by Crippen LogP contribution is -2.45. The third kappa shape index (κ3) is 3.53. The van der Waals surface area contributed by atoms with Gasteiger partial charge in [0.2, 0.25) is 5.91 Å². The number of aryl methyl sites for hydroxylation is 1. The van der Waals surface area contributed by atoms with Gasteiger partial charge in [0.25, 0.3) is 5.91 Å². The zero-order valence-electron chi connectivity index (χ0n) is 14.0. The van der Waals surface area contributed by atoms with Crippen LogP contribution in [-0.2, 0) is 4.79 Å². The Kier molecular flexibility index (Phi) is 4.74. The van der Waals surface area contributed by atoms with Crippen LogP contribution in [0, 0.1) is 12.8 Å². The van der Waals surface area contributed by atoms with E-state index in [4.69, 9.17) is 8.83 Å². The van der Waals surface area contributed by atoms with Crippen molar-refractivity contribution < 1.29 is 18.4 Å². The van der Waals surface area contributed by atoms with E-state index in [1.54, 1.807) is 17.0 Å². The first-order valence-electron chi connectivity index (χ1n) is 8.24. The predicted molar refractivity (Wildman–Crippen MR) is 87.3 cm³/mol. The molecule has 1 N–H and O–H groups in total. The molecule has 2 unspecified atom stereocenters. The van der Waals surface area contributed by atoms with Gasteiger partial charge in [-0.3, -0.25) is 9.59 Å². The fourth-order valence-electron chi connectivity index (χ4n) is 3.02. The number of carbonyl (C=O) groups excluding carboxylic acids is 2. The van der Waals surface area contributed by atoms with Crippen LogP contribution in [0.5, 0.6) is 0 Å². The molecule has 0 saturated carbocycles.